The molecular weight excluding hydrogens is 134 g/mol. The van der Waals surface area contributed by atoms with E-state index >= 15 is 0 Å². The van der Waals surface area contributed by atoms with Gasteiger partial charge in [0.25, 0.3) is 6.04 Å². The Morgan fingerprint density at radius 1 is 1.60 bits per heavy atom. The average molecular weight is 141 g/mol. The molecule has 1 atom stereocenters. The third-order valence-electron chi connectivity index (χ3n) is 0.960. The maximum absolute atomic E-state index is 10.6. The van der Waals surface area contributed by atoms with Gasteiger partial charge in [0.05, 0.1) is 7.11 Å². The van der Waals surface area contributed by atoms with Crippen molar-refractivity contribution in [3.63, 3.8) is 0 Å². The van der Waals surface area contributed by atoms with Gasteiger partial charge in [-0.2, -0.15) is 0 Å². The Hall–Kier alpha value is -1.37. The first-order valence-corrected chi connectivity index (χ1v) is 2.62. The predicted octanol–water partition coefficient (Wildman–Crippen LogP) is 0.0363. The maximum atomic E-state index is 10.6. The van der Waals surface area contributed by atoms with Gasteiger partial charge >= 0.3 is 11.8 Å². The molecule has 0 aliphatic rings. The second kappa shape index (κ2) is 3.62. The lowest BCUT2D eigenvalue weighted by molar-refractivity contribution is -0.151. The summed E-state index contributed by atoms with van der Waals surface area (Å²) in [7, 11) is 1.11. The minimum Gasteiger partial charge on any atom is -0.463 e. The Morgan fingerprint density at radius 2 is 2.10 bits per heavy atom. The Morgan fingerprint density at radius 3 is 2.40 bits per heavy atom. The molecule has 0 rings (SSSR count). The van der Waals surface area contributed by atoms with Crippen molar-refractivity contribution in [1.82, 2.24) is 0 Å². The van der Waals surface area contributed by atoms with Crippen LogP contribution in [0.3, 0.4) is 0 Å². The monoisotopic (exact) mass is 141 g/mol. The van der Waals surface area contributed by atoms with Crippen molar-refractivity contribution in [3.05, 3.63) is 11.4 Å². The van der Waals surface area contributed by atoms with Crippen LogP contribution in [0.4, 0.5) is 0 Å². The van der Waals surface area contributed by atoms with Crippen LogP contribution in [0.25, 0.3) is 4.85 Å². The summed E-state index contributed by atoms with van der Waals surface area (Å²) < 4.78 is 4.10. The van der Waals surface area contributed by atoms with Gasteiger partial charge in [0.2, 0.25) is 0 Å². The zero-order chi connectivity index (χ0) is 8.15. The number of ether oxygens (including phenoxy) is 1. The largest absolute Gasteiger partial charge is 0.463 e. The number of ketones is 1. The SMILES string of the molecule is [C-]#[N+]C(C)C(=O)C(=O)OC. The van der Waals surface area contributed by atoms with Gasteiger partial charge < -0.3 is 9.58 Å². The van der Waals surface area contributed by atoms with E-state index in [4.69, 9.17) is 6.57 Å². The van der Waals surface area contributed by atoms with Crippen molar-refractivity contribution in [3.8, 4) is 0 Å². The molecule has 0 aromatic rings. The van der Waals surface area contributed by atoms with Gasteiger partial charge in [0.1, 0.15) is 0 Å². The molecule has 0 aromatic heterocycles. The Balaban J connectivity index is 4.12. The van der Waals surface area contributed by atoms with Crippen molar-refractivity contribution in [2.45, 2.75) is 13.0 Å². The molecule has 0 aliphatic carbocycles. The zero-order valence-corrected chi connectivity index (χ0v) is 5.75. The quantitative estimate of drug-likeness (QED) is 0.310. The van der Waals surface area contributed by atoms with Gasteiger partial charge in [-0.05, 0) is 0 Å². The summed E-state index contributed by atoms with van der Waals surface area (Å²) in [5, 5.41) is 0. The average Bonchev–Trinajstić information content (AvgIpc) is 2.00. The van der Waals surface area contributed by atoms with E-state index in [9.17, 15) is 9.59 Å². The number of nitrogens with zero attached hydrogens (tertiary/aromatic N) is 1. The number of carbonyl (C=O) groups excluding carboxylic acids is 2. The Kier molecular flexibility index (Phi) is 3.12. The van der Waals surface area contributed by atoms with Gasteiger partial charge in [-0.3, -0.25) is 4.79 Å². The van der Waals surface area contributed by atoms with Gasteiger partial charge in [-0.25, -0.2) is 11.4 Å². The number of Topliss-reactive ketones (excluding diaryl/α,β-unsaturated/α-hetero) is 1. The molecule has 0 heterocycles. The van der Waals surface area contributed by atoms with Crippen LogP contribution in [0.1, 0.15) is 6.92 Å². The molecule has 4 heteroatoms. The summed E-state index contributed by atoms with van der Waals surface area (Å²) in [6, 6.07) is -0.924. The highest BCUT2D eigenvalue weighted by Crippen LogP contribution is 1.92. The molecule has 0 aliphatic heterocycles. The summed E-state index contributed by atoms with van der Waals surface area (Å²) in [6.45, 7) is 7.76. The summed E-state index contributed by atoms with van der Waals surface area (Å²) >= 11 is 0. The van der Waals surface area contributed by atoms with Crippen molar-refractivity contribution in [1.29, 1.82) is 0 Å². The topological polar surface area (TPSA) is 47.7 Å². The van der Waals surface area contributed by atoms with Crippen LogP contribution in [0.2, 0.25) is 0 Å². The van der Waals surface area contributed by atoms with Crippen LogP contribution < -0.4 is 0 Å². The molecule has 0 amide bonds. The minimum atomic E-state index is -0.955. The van der Waals surface area contributed by atoms with Crippen molar-refractivity contribution >= 4 is 11.8 Å². The minimum absolute atomic E-state index is 0.794. The zero-order valence-electron chi connectivity index (χ0n) is 5.75. The van der Waals surface area contributed by atoms with Crippen LogP contribution in [0.5, 0.6) is 0 Å². The first kappa shape index (κ1) is 8.63. The standard InChI is InChI=1S/C6H7NO3/c1-4(7-2)5(8)6(9)10-3/h4H,1,3H3. The number of hydrogen-bond donors (Lipinski definition) is 0. The van der Waals surface area contributed by atoms with E-state index in [1.54, 1.807) is 0 Å². The summed E-state index contributed by atoms with van der Waals surface area (Å²) in [5.41, 5.74) is 0. The van der Waals surface area contributed by atoms with Crippen LogP contribution in [0, 0.1) is 6.57 Å². The van der Waals surface area contributed by atoms with Gasteiger partial charge in [0, 0.05) is 6.92 Å². The third-order valence-corrected chi connectivity index (χ3v) is 0.960. The van der Waals surface area contributed by atoms with Gasteiger partial charge in [-0.1, -0.05) is 0 Å². The number of rotatable bonds is 2. The van der Waals surface area contributed by atoms with Gasteiger partial charge in [0.15, 0.2) is 0 Å². The molecule has 0 fully saturated rings. The van der Waals surface area contributed by atoms with Crippen molar-refractivity contribution in [2.75, 3.05) is 7.11 Å². The van der Waals surface area contributed by atoms with Gasteiger partial charge in [-0.15, -0.1) is 0 Å². The number of esters is 1. The summed E-state index contributed by atoms with van der Waals surface area (Å²) in [4.78, 5) is 23.9. The van der Waals surface area contributed by atoms with Crippen LogP contribution in [-0.4, -0.2) is 24.9 Å². The van der Waals surface area contributed by atoms with E-state index in [2.05, 4.69) is 9.58 Å². The smallest absolute Gasteiger partial charge is 0.382 e. The lowest BCUT2D eigenvalue weighted by Gasteiger charge is -1.94. The molecule has 0 saturated heterocycles. The fourth-order valence-electron chi connectivity index (χ4n) is 0.330. The fraction of sp³-hybridized carbons (Fsp3) is 0.500. The first-order valence-electron chi connectivity index (χ1n) is 2.62. The summed E-state index contributed by atoms with van der Waals surface area (Å²) in [6.07, 6.45) is 0. The molecule has 0 bridgehead atoms. The van der Waals surface area contributed by atoms with Crippen molar-refractivity contribution in [2.24, 2.45) is 0 Å². The lowest BCUT2D eigenvalue weighted by Crippen LogP contribution is -2.24. The molecule has 10 heavy (non-hydrogen) atoms. The molecule has 0 radical (unpaired) electrons. The predicted molar refractivity (Wildman–Crippen MR) is 33.1 cm³/mol. The normalized spacial score (nSPS) is 11.3. The highest BCUT2D eigenvalue weighted by molar-refractivity contribution is 6.36. The Labute approximate surface area is 58.6 Å². The molecule has 0 N–H and O–H groups in total. The van der Waals surface area contributed by atoms with Crippen LogP contribution in [-0.2, 0) is 14.3 Å². The molecule has 54 valence electrons. The van der Waals surface area contributed by atoms with E-state index in [0.29, 0.717) is 0 Å². The van der Waals surface area contributed by atoms with Crippen LogP contribution >= 0.6 is 0 Å². The van der Waals surface area contributed by atoms with Crippen LogP contribution in [0.15, 0.2) is 0 Å². The van der Waals surface area contributed by atoms with E-state index < -0.39 is 17.8 Å². The number of hydrogen-bond acceptors (Lipinski definition) is 3. The van der Waals surface area contributed by atoms with E-state index in [0.717, 1.165) is 7.11 Å². The molecule has 4 nitrogen and oxygen atoms in total. The number of methoxy groups -OCH3 is 1. The second-order valence-corrected chi connectivity index (χ2v) is 1.66. The Bertz CT molecular complexity index is 192. The molecule has 0 spiro atoms. The molecule has 1 unspecified atom stereocenters. The fourth-order valence-corrected chi connectivity index (χ4v) is 0.330. The third kappa shape index (κ3) is 1.86. The van der Waals surface area contributed by atoms with E-state index in [1.165, 1.54) is 6.92 Å². The second-order valence-electron chi connectivity index (χ2n) is 1.66. The highest BCUT2D eigenvalue weighted by atomic mass is 16.5. The molecule has 0 saturated carbocycles. The van der Waals surface area contributed by atoms with Crippen molar-refractivity contribution < 1.29 is 14.3 Å². The lowest BCUT2D eigenvalue weighted by atomic mass is 10.2. The summed E-state index contributed by atoms with van der Waals surface area (Å²) in [5.74, 6) is -1.75. The molecule has 0 aromatic carbocycles. The highest BCUT2D eigenvalue weighted by Gasteiger charge is 2.25. The van der Waals surface area contributed by atoms with E-state index in [-0.39, 0.29) is 0 Å². The first-order chi connectivity index (χ1) is 4.63. The molecular formula is C6H7NO3. The maximum Gasteiger partial charge on any atom is 0.382 e. The number of carbonyl (C=O) groups is 2. The van der Waals surface area contributed by atoms with E-state index in [1.807, 2.05) is 0 Å².